The summed E-state index contributed by atoms with van der Waals surface area (Å²) in [6.45, 7) is 1.34. The van der Waals surface area contributed by atoms with Crippen molar-refractivity contribution >= 4 is 5.97 Å². The van der Waals surface area contributed by atoms with Gasteiger partial charge in [0, 0.05) is 5.92 Å². The molecule has 0 aromatic rings. The first-order valence-electron chi connectivity index (χ1n) is 4.72. The minimum atomic E-state index is -1.14. The van der Waals surface area contributed by atoms with Gasteiger partial charge in [0.15, 0.2) is 0 Å². The van der Waals surface area contributed by atoms with Crippen molar-refractivity contribution in [1.82, 2.24) is 0 Å². The van der Waals surface area contributed by atoms with Crippen LogP contribution in [0.4, 0.5) is 4.39 Å². The van der Waals surface area contributed by atoms with Crippen LogP contribution in [0, 0.1) is 5.92 Å². The number of carboxylic acid groups (broad SMARTS) is 1. The van der Waals surface area contributed by atoms with Crippen LogP contribution in [0.3, 0.4) is 0 Å². The molecule has 1 rings (SSSR count). The van der Waals surface area contributed by atoms with Crippen molar-refractivity contribution in [1.29, 1.82) is 0 Å². The van der Waals surface area contributed by atoms with Gasteiger partial charge in [0.2, 0.25) is 0 Å². The van der Waals surface area contributed by atoms with Crippen LogP contribution in [-0.4, -0.2) is 11.1 Å². The van der Waals surface area contributed by atoms with Crippen LogP contribution in [-0.2, 0) is 4.79 Å². The molecule has 0 bridgehead atoms. The predicted molar refractivity (Wildman–Crippen MR) is 48.0 cm³/mol. The molecule has 1 N–H and O–H groups in total. The lowest BCUT2D eigenvalue weighted by Crippen LogP contribution is -2.11. The molecular formula is C10H15FO2. The number of carboxylic acids is 1. The lowest BCUT2D eigenvalue weighted by Gasteiger charge is -2.20. The molecule has 1 aliphatic carbocycles. The van der Waals surface area contributed by atoms with Gasteiger partial charge in [-0.25, -0.2) is 9.18 Å². The summed E-state index contributed by atoms with van der Waals surface area (Å²) in [5.41, 5.74) is -0.119. The van der Waals surface area contributed by atoms with E-state index in [1.54, 1.807) is 0 Å². The number of allylic oxidation sites excluding steroid dienone is 1. The second-order valence-electron chi connectivity index (χ2n) is 3.61. The first-order valence-corrected chi connectivity index (χ1v) is 4.72. The van der Waals surface area contributed by atoms with Crippen LogP contribution in [0.1, 0.15) is 39.0 Å². The Morgan fingerprint density at radius 2 is 1.85 bits per heavy atom. The van der Waals surface area contributed by atoms with Crippen LogP contribution in [0.25, 0.3) is 0 Å². The fourth-order valence-electron chi connectivity index (χ4n) is 1.76. The van der Waals surface area contributed by atoms with E-state index >= 15 is 0 Å². The zero-order chi connectivity index (χ0) is 9.84. The van der Waals surface area contributed by atoms with Gasteiger partial charge in [0.1, 0.15) is 5.83 Å². The highest BCUT2D eigenvalue weighted by molar-refractivity contribution is 5.86. The first-order chi connectivity index (χ1) is 6.13. The van der Waals surface area contributed by atoms with Crippen LogP contribution < -0.4 is 0 Å². The summed E-state index contributed by atoms with van der Waals surface area (Å²) in [5.74, 6) is -1.68. The first kappa shape index (κ1) is 10.2. The molecule has 0 aromatic carbocycles. The molecule has 0 aliphatic heterocycles. The minimum Gasteiger partial charge on any atom is -0.478 e. The average molecular weight is 186 g/mol. The topological polar surface area (TPSA) is 37.3 Å². The van der Waals surface area contributed by atoms with E-state index in [1.165, 1.54) is 6.92 Å². The second kappa shape index (κ2) is 4.40. The molecule has 0 aromatic heterocycles. The number of halogens is 1. The van der Waals surface area contributed by atoms with E-state index in [9.17, 15) is 9.18 Å². The standard InChI is InChI=1S/C10H15FO2/c1-7(10(12)13)9(11)8-5-3-2-4-6-8/h8H,2-6H2,1H3,(H,12,13). The summed E-state index contributed by atoms with van der Waals surface area (Å²) >= 11 is 0. The van der Waals surface area contributed by atoms with Crippen molar-refractivity contribution in [3.63, 3.8) is 0 Å². The van der Waals surface area contributed by atoms with E-state index in [0.29, 0.717) is 0 Å². The molecular weight excluding hydrogens is 171 g/mol. The third kappa shape index (κ3) is 2.54. The SMILES string of the molecule is CC(C(=O)O)=C(F)C1CCCCC1. The average Bonchev–Trinajstić information content (AvgIpc) is 2.17. The molecule has 0 atom stereocenters. The molecule has 0 unspecified atom stereocenters. The van der Waals surface area contributed by atoms with Crippen molar-refractivity contribution < 1.29 is 14.3 Å². The molecule has 1 fully saturated rings. The van der Waals surface area contributed by atoms with Crippen molar-refractivity contribution in [2.45, 2.75) is 39.0 Å². The van der Waals surface area contributed by atoms with E-state index in [4.69, 9.17) is 5.11 Å². The van der Waals surface area contributed by atoms with Gasteiger partial charge in [-0.3, -0.25) is 0 Å². The molecule has 74 valence electrons. The highest BCUT2D eigenvalue weighted by Crippen LogP contribution is 2.31. The molecule has 0 amide bonds. The lowest BCUT2D eigenvalue weighted by atomic mass is 9.87. The number of aliphatic carboxylic acids is 1. The molecule has 3 heteroatoms. The Morgan fingerprint density at radius 1 is 1.31 bits per heavy atom. The number of hydrogen-bond donors (Lipinski definition) is 1. The van der Waals surface area contributed by atoms with Crippen molar-refractivity contribution in [2.75, 3.05) is 0 Å². The van der Waals surface area contributed by atoms with Gasteiger partial charge in [-0.1, -0.05) is 19.3 Å². The fourth-order valence-corrected chi connectivity index (χ4v) is 1.76. The molecule has 1 saturated carbocycles. The Morgan fingerprint density at radius 3 is 2.31 bits per heavy atom. The highest BCUT2D eigenvalue weighted by atomic mass is 19.1. The van der Waals surface area contributed by atoms with Crippen molar-refractivity contribution in [2.24, 2.45) is 5.92 Å². The third-order valence-corrected chi connectivity index (χ3v) is 2.64. The maximum Gasteiger partial charge on any atom is 0.333 e. The molecule has 0 saturated heterocycles. The number of rotatable bonds is 2. The van der Waals surface area contributed by atoms with Crippen LogP contribution in [0.15, 0.2) is 11.4 Å². The molecule has 0 radical (unpaired) electrons. The minimum absolute atomic E-state index is 0.119. The maximum atomic E-state index is 13.4. The van der Waals surface area contributed by atoms with E-state index in [2.05, 4.69) is 0 Å². The van der Waals surface area contributed by atoms with Gasteiger partial charge >= 0.3 is 5.97 Å². The maximum absolute atomic E-state index is 13.4. The summed E-state index contributed by atoms with van der Waals surface area (Å²) in [6, 6.07) is 0. The summed E-state index contributed by atoms with van der Waals surface area (Å²) in [7, 11) is 0. The normalized spacial score (nSPS) is 21.1. The van der Waals surface area contributed by atoms with Gasteiger partial charge in [-0.05, 0) is 19.8 Å². The van der Waals surface area contributed by atoms with Gasteiger partial charge in [0.25, 0.3) is 0 Å². The van der Waals surface area contributed by atoms with E-state index in [1.807, 2.05) is 0 Å². The fraction of sp³-hybridized carbons (Fsp3) is 0.700. The van der Waals surface area contributed by atoms with E-state index < -0.39 is 11.8 Å². The van der Waals surface area contributed by atoms with Gasteiger partial charge in [-0.2, -0.15) is 0 Å². The van der Waals surface area contributed by atoms with E-state index in [-0.39, 0.29) is 11.5 Å². The summed E-state index contributed by atoms with van der Waals surface area (Å²) < 4.78 is 13.4. The highest BCUT2D eigenvalue weighted by Gasteiger charge is 2.21. The van der Waals surface area contributed by atoms with E-state index in [0.717, 1.165) is 32.1 Å². The molecule has 2 nitrogen and oxygen atoms in total. The monoisotopic (exact) mass is 186 g/mol. The predicted octanol–water partition coefficient (Wildman–Crippen LogP) is 2.89. The quantitative estimate of drug-likeness (QED) is 0.673. The number of hydrogen-bond acceptors (Lipinski definition) is 1. The number of carbonyl (C=O) groups is 1. The molecule has 1 aliphatic rings. The Kier molecular flexibility index (Phi) is 3.46. The van der Waals surface area contributed by atoms with Crippen LogP contribution in [0.2, 0.25) is 0 Å². The zero-order valence-corrected chi connectivity index (χ0v) is 7.85. The Labute approximate surface area is 77.4 Å². The smallest absolute Gasteiger partial charge is 0.333 e. The van der Waals surface area contributed by atoms with Crippen LogP contribution in [0.5, 0.6) is 0 Å². The summed E-state index contributed by atoms with van der Waals surface area (Å²) in [5, 5.41) is 8.59. The third-order valence-electron chi connectivity index (χ3n) is 2.64. The summed E-state index contributed by atoms with van der Waals surface area (Å²) in [6.07, 6.45) is 4.79. The second-order valence-corrected chi connectivity index (χ2v) is 3.61. The lowest BCUT2D eigenvalue weighted by molar-refractivity contribution is -0.132. The van der Waals surface area contributed by atoms with Gasteiger partial charge in [0.05, 0.1) is 5.57 Å². The largest absolute Gasteiger partial charge is 0.478 e. The molecule has 13 heavy (non-hydrogen) atoms. The Bertz CT molecular complexity index is 227. The molecule has 0 heterocycles. The molecule has 0 spiro atoms. The van der Waals surface area contributed by atoms with Crippen molar-refractivity contribution in [3.05, 3.63) is 11.4 Å². The van der Waals surface area contributed by atoms with Gasteiger partial charge < -0.3 is 5.11 Å². The zero-order valence-electron chi connectivity index (χ0n) is 7.85. The van der Waals surface area contributed by atoms with Gasteiger partial charge in [-0.15, -0.1) is 0 Å². The summed E-state index contributed by atoms with van der Waals surface area (Å²) in [4.78, 5) is 10.5. The van der Waals surface area contributed by atoms with Crippen LogP contribution >= 0.6 is 0 Å². The Balaban J connectivity index is 2.68. The van der Waals surface area contributed by atoms with Crippen molar-refractivity contribution in [3.8, 4) is 0 Å². The Hall–Kier alpha value is -0.860.